The Bertz CT molecular complexity index is 378. The zero-order valence-corrected chi connectivity index (χ0v) is 10.9. The van der Waals surface area contributed by atoms with Crippen LogP contribution in [0, 0.1) is 0 Å². The second-order valence-corrected chi connectivity index (χ2v) is 4.72. The number of nitrogens with zero attached hydrogens (tertiary/aromatic N) is 2. The number of para-hydroxylation sites is 1. The van der Waals surface area contributed by atoms with E-state index >= 15 is 0 Å². The maximum Gasteiger partial charge on any atom is 0.209 e. The molecule has 1 amide bonds. The highest BCUT2D eigenvalue weighted by molar-refractivity contribution is 5.47. The van der Waals surface area contributed by atoms with Gasteiger partial charge in [0.15, 0.2) is 0 Å². The van der Waals surface area contributed by atoms with Crippen molar-refractivity contribution in [2.24, 2.45) is 0 Å². The first-order chi connectivity index (χ1) is 9.28. The fraction of sp³-hybridized carbons (Fsp3) is 0.500. The topological polar surface area (TPSA) is 53.0 Å². The predicted molar refractivity (Wildman–Crippen MR) is 72.0 cm³/mol. The number of hydrogen-bond donors (Lipinski definition) is 1. The van der Waals surface area contributed by atoms with E-state index in [4.69, 9.17) is 4.74 Å². The Morgan fingerprint density at radius 1 is 1.21 bits per heavy atom. The van der Waals surface area contributed by atoms with Crippen molar-refractivity contribution in [3.63, 3.8) is 0 Å². The lowest BCUT2D eigenvalue weighted by molar-refractivity contribution is -0.119. The molecule has 104 valence electrons. The van der Waals surface area contributed by atoms with Gasteiger partial charge in [-0.05, 0) is 12.1 Å². The van der Waals surface area contributed by atoms with Gasteiger partial charge in [-0.3, -0.25) is 9.69 Å². The van der Waals surface area contributed by atoms with Crippen LogP contribution in [0.2, 0.25) is 0 Å². The molecule has 1 fully saturated rings. The number of benzene rings is 1. The maximum absolute atomic E-state index is 10.6. The number of amides is 1. The van der Waals surface area contributed by atoms with Crippen molar-refractivity contribution in [3.8, 4) is 5.75 Å². The number of piperazine rings is 1. The van der Waals surface area contributed by atoms with Gasteiger partial charge in [-0.25, -0.2) is 0 Å². The highest BCUT2D eigenvalue weighted by Gasteiger charge is 2.18. The first-order valence-corrected chi connectivity index (χ1v) is 6.55. The molecular weight excluding hydrogens is 244 g/mol. The smallest absolute Gasteiger partial charge is 0.209 e. The fourth-order valence-corrected chi connectivity index (χ4v) is 2.11. The van der Waals surface area contributed by atoms with Gasteiger partial charge in [0, 0.05) is 32.7 Å². The molecule has 5 nitrogen and oxygen atoms in total. The Morgan fingerprint density at radius 2 is 1.89 bits per heavy atom. The van der Waals surface area contributed by atoms with Crippen LogP contribution in [-0.4, -0.2) is 66.8 Å². The molecule has 0 aromatic heterocycles. The number of β-amino-alcohol motifs (C(OH)–C–C–N with tert-alkyl or cyclic N) is 1. The molecule has 1 aliphatic heterocycles. The molecule has 0 radical (unpaired) electrons. The van der Waals surface area contributed by atoms with Crippen molar-refractivity contribution in [3.05, 3.63) is 30.3 Å². The van der Waals surface area contributed by atoms with Crippen LogP contribution >= 0.6 is 0 Å². The van der Waals surface area contributed by atoms with Gasteiger partial charge < -0.3 is 14.7 Å². The lowest BCUT2D eigenvalue weighted by Crippen LogP contribution is -2.48. The minimum Gasteiger partial charge on any atom is -0.491 e. The van der Waals surface area contributed by atoms with E-state index in [0.29, 0.717) is 6.54 Å². The van der Waals surface area contributed by atoms with Gasteiger partial charge in [-0.2, -0.15) is 0 Å². The summed E-state index contributed by atoms with van der Waals surface area (Å²) in [5.74, 6) is 0.771. The van der Waals surface area contributed by atoms with Crippen molar-refractivity contribution in [2.45, 2.75) is 6.10 Å². The number of hydrogen-bond acceptors (Lipinski definition) is 4. The van der Waals surface area contributed by atoms with Crippen LogP contribution in [0.25, 0.3) is 0 Å². The molecule has 0 bridgehead atoms. The van der Waals surface area contributed by atoms with E-state index in [9.17, 15) is 9.90 Å². The van der Waals surface area contributed by atoms with E-state index in [1.807, 2.05) is 30.3 Å². The zero-order valence-electron chi connectivity index (χ0n) is 10.9. The van der Waals surface area contributed by atoms with E-state index in [2.05, 4.69) is 4.90 Å². The van der Waals surface area contributed by atoms with E-state index in [1.165, 1.54) is 0 Å². The molecule has 1 atom stereocenters. The van der Waals surface area contributed by atoms with E-state index in [-0.39, 0.29) is 6.61 Å². The standard InChI is InChI=1S/C14H20N2O3/c17-12-16-8-6-15(7-9-16)10-13(18)11-19-14-4-2-1-3-5-14/h1-5,12-13,18H,6-11H2/t13-/m0/s1. The highest BCUT2D eigenvalue weighted by atomic mass is 16.5. The third kappa shape index (κ3) is 4.54. The summed E-state index contributed by atoms with van der Waals surface area (Å²) in [7, 11) is 0. The molecule has 0 saturated carbocycles. The van der Waals surface area contributed by atoms with E-state index < -0.39 is 6.10 Å². The van der Waals surface area contributed by atoms with E-state index in [1.54, 1.807) is 4.90 Å². The number of aliphatic hydroxyl groups excluding tert-OH is 1. The molecule has 1 N–H and O–H groups in total. The van der Waals surface area contributed by atoms with Crippen molar-refractivity contribution in [1.82, 2.24) is 9.80 Å². The number of rotatable bonds is 6. The molecule has 1 aromatic carbocycles. The summed E-state index contributed by atoms with van der Waals surface area (Å²) in [5, 5.41) is 9.94. The fourth-order valence-electron chi connectivity index (χ4n) is 2.11. The van der Waals surface area contributed by atoms with Crippen LogP contribution in [0.4, 0.5) is 0 Å². The van der Waals surface area contributed by atoms with Gasteiger partial charge in [0.25, 0.3) is 0 Å². The van der Waals surface area contributed by atoms with E-state index in [0.717, 1.165) is 38.3 Å². The predicted octanol–water partition coefficient (Wildman–Crippen LogP) is 0.200. The van der Waals surface area contributed by atoms with Crippen molar-refractivity contribution >= 4 is 6.41 Å². The van der Waals surface area contributed by atoms with Gasteiger partial charge in [0.1, 0.15) is 18.5 Å². The van der Waals surface area contributed by atoms with Crippen molar-refractivity contribution in [1.29, 1.82) is 0 Å². The Hall–Kier alpha value is -1.59. The summed E-state index contributed by atoms with van der Waals surface area (Å²) >= 11 is 0. The second-order valence-electron chi connectivity index (χ2n) is 4.72. The average molecular weight is 264 g/mol. The second kappa shape index (κ2) is 7.11. The molecule has 0 spiro atoms. The Balaban J connectivity index is 1.67. The third-order valence-corrected chi connectivity index (χ3v) is 3.21. The molecule has 19 heavy (non-hydrogen) atoms. The summed E-state index contributed by atoms with van der Waals surface area (Å²) < 4.78 is 5.51. The lowest BCUT2D eigenvalue weighted by atomic mass is 10.3. The molecule has 5 heteroatoms. The monoisotopic (exact) mass is 264 g/mol. The van der Waals surface area contributed by atoms with Gasteiger partial charge >= 0.3 is 0 Å². The minimum absolute atomic E-state index is 0.290. The lowest BCUT2D eigenvalue weighted by Gasteiger charge is -2.33. The van der Waals surface area contributed by atoms with Crippen LogP contribution in [-0.2, 0) is 4.79 Å². The van der Waals surface area contributed by atoms with Crippen LogP contribution < -0.4 is 4.74 Å². The molecule has 1 aromatic rings. The van der Waals surface area contributed by atoms with Gasteiger partial charge in [0.05, 0.1) is 0 Å². The SMILES string of the molecule is O=CN1CCN(C[C@H](O)COc2ccccc2)CC1. The number of carbonyl (C=O) groups is 1. The molecule has 0 unspecified atom stereocenters. The summed E-state index contributed by atoms with van der Waals surface area (Å²) in [5.41, 5.74) is 0. The first-order valence-electron chi connectivity index (χ1n) is 6.55. The number of ether oxygens (including phenoxy) is 1. The van der Waals surface area contributed by atoms with Gasteiger partial charge in [-0.15, -0.1) is 0 Å². The molecule has 0 aliphatic carbocycles. The summed E-state index contributed by atoms with van der Waals surface area (Å²) in [6.45, 7) is 3.95. The minimum atomic E-state index is -0.511. The highest BCUT2D eigenvalue weighted by Crippen LogP contribution is 2.09. The summed E-state index contributed by atoms with van der Waals surface area (Å²) in [6, 6.07) is 9.47. The van der Waals surface area contributed by atoms with Crippen LogP contribution in [0.15, 0.2) is 30.3 Å². The van der Waals surface area contributed by atoms with Crippen LogP contribution in [0.1, 0.15) is 0 Å². The summed E-state index contributed by atoms with van der Waals surface area (Å²) in [4.78, 5) is 14.5. The summed E-state index contributed by atoms with van der Waals surface area (Å²) in [6.07, 6.45) is 0.370. The quantitative estimate of drug-likeness (QED) is 0.746. The van der Waals surface area contributed by atoms with Gasteiger partial charge in [0.2, 0.25) is 6.41 Å². The molecule has 1 aliphatic rings. The third-order valence-electron chi connectivity index (χ3n) is 3.21. The Labute approximate surface area is 113 Å². The van der Waals surface area contributed by atoms with Crippen LogP contribution in [0.3, 0.4) is 0 Å². The normalized spacial score (nSPS) is 18.1. The molecular formula is C14H20N2O3. The number of aliphatic hydroxyl groups is 1. The Morgan fingerprint density at radius 3 is 2.53 bits per heavy atom. The largest absolute Gasteiger partial charge is 0.491 e. The van der Waals surface area contributed by atoms with Crippen molar-refractivity contribution < 1.29 is 14.6 Å². The Kier molecular flexibility index (Phi) is 5.18. The molecule has 2 rings (SSSR count). The van der Waals surface area contributed by atoms with Gasteiger partial charge in [-0.1, -0.05) is 18.2 Å². The molecule has 1 saturated heterocycles. The average Bonchev–Trinajstić information content (AvgIpc) is 2.47. The first kappa shape index (κ1) is 13.8. The van der Waals surface area contributed by atoms with Crippen LogP contribution in [0.5, 0.6) is 5.75 Å². The number of carbonyl (C=O) groups excluding carboxylic acids is 1. The molecule has 1 heterocycles. The zero-order chi connectivity index (χ0) is 13.5. The van der Waals surface area contributed by atoms with Crippen molar-refractivity contribution in [2.75, 3.05) is 39.3 Å². The maximum atomic E-state index is 10.6.